The largest absolute Gasteiger partial charge is 0.357 e. The Morgan fingerprint density at radius 3 is 2.76 bits per heavy atom. The summed E-state index contributed by atoms with van der Waals surface area (Å²) < 4.78 is 24.6. The van der Waals surface area contributed by atoms with Crippen LogP contribution in [-0.2, 0) is 16.6 Å². The molecule has 0 radical (unpaired) electrons. The predicted molar refractivity (Wildman–Crippen MR) is 105 cm³/mol. The molecule has 1 aromatic rings. The average Bonchev–Trinajstić information content (AvgIpc) is 3.05. The molecule has 2 rings (SSSR count). The molecule has 1 fully saturated rings. The van der Waals surface area contributed by atoms with Gasteiger partial charge < -0.3 is 10.6 Å². The standard InChI is InChI=1S/C16H29N5O2S2/c1-3-17-16(18-7-8-19-25(2,22)23)20-15-4-9-21(10-5-15)12-14-6-11-24-13-14/h6,11,13,15,19H,3-5,7-10,12H2,1-2H3,(H2,17,18,20). The molecule has 7 nitrogen and oxygen atoms in total. The zero-order valence-corrected chi connectivity index (χ0v) is 16.6. The van der Waals surface area contributed by atoms with Crippen LogP contribution < -0.4 is 15.4 Å². The van der Waals surface area contributed by atoms with Crippen molar-refractivity contribution in [2.75, 3.05) is 39.0 Å². The Balaban J connectivity index is 1.74. The van der Waals surface area contributed by atoms with E-state index in [0.29, 0.717) is 19.1 Å². The molecular weight excluding hydrogens is 358 g/mol. The van der Waals surface area contributed by atoms with Gasteiger partial charge in [-0.1, -0.05) is 0 Å². The summed E-state index contributed by atoms with van der Waals surface area (Å²) >= 11 is 1.75. The maximum absolute atomic E-state index is 11.1. The van der Waals surface area contributed by atoms with E-state index < -0.39 is 10.0 Å². The van der Waals surface area contributed by atoms with Gasteiger partial charge in [-0.15, -0.1) is 0 Å². The fourth-order valence-corrected chi connectivity index (χ4v) is 3.91. The highest BCUT2D eigenvalue weighted by molar-refractivity contribution is 7.88. The maximum Gasteiger partial charge on any atom is 0.208 e. The first kappa shape index (κ1) is 20.2. The molecule has 1 aliphatic heterocycles. The number of sulfonamides is 1. The minimum absolute atomic E-state index is 0.314. The van der Waals surface area contributed by atoms with Crippen molar-refractivity contribution in [1.29, 1.82) is 0 Å². The molecule has 0 spiro atoms. The highest BCUT2D eigenvalue weighted by atomic mass is 32.2. The van der Waals surface area contributed by atoms with E-state index >= 15 is 0 Å². The molecule has 0 saturated carbocycles. The number of piperidine rings is 1. The van der Waals surface area contributed by atoms with Crippen LogP contribution in [0.4, 0.5) is 0 Å². The van der Waals surface area contributed by atoms with Crippen molar-refractivity contribution < 1.29 is 8.42 Å². The van der Waals surface area contributed by atoms with Gasteiger partial charge in [0.1, 0.15) is 0 Å². The molecule has 1 saturated heterocycles. The number of nitrogens with one attached hydrogen (secondary N) is 3. The zero-order chi connectivity index (χ0) is 18.1. The van der Waals surface area contributed by atoms with Crippen LogP contribution in [0.3, 0.4) is 0 Å². The first-order valence-electron chi connectivity index (χ1n) is 8.69. The number of hydrogen-bond acceptors (Lipinski definition) is 5. The number of hydrogen-bond donors (Lipinski definition) is 3. The third-order valence-electron chi connectivity index (χ3n) is 4.00. The van der Waals surface area contributed by atoms with Crippen LogP contribution in [0.1, 0.15) is 25.3 Å². The Labute approximate surface area is 155 Å². The lowest BCUT2D eigenvalue weighted by atomic mass is 10.0. The summed E-state index contributed by atoms with van der Waals surface area (Å²) in [5.74, 6) is 0.758. The number of aliphatic imine (C=N–C) groups is 1. The molecule has 0 amide bonds. The Hall–Kier alpha value is -1.16. The normalized spacial score (nSPS) is 17.6. The van der Waals surface area contributed by atoms with Gasteiger partial charge in [0.05, 0.1) is 12.8 Å². The second kappa shape index (κ2) is 10.1. The van der Waals surface area contributed by atoms with Gasteiger partial charge in [0.25, 0.3) is 0 Å². The predicted octanol–water partition coefficient (Wildman–Crippen LogP) is 0.817. The van der Waals surface area contributed by atoms with E-state index in [-0.39, 0.29) is 0 Å². The second-order valence-electron chi connectivity index (χ2n) is 6.25. The molecule has 3 N–H and O–H groups in total. The fraction of sp³-hybridized carbons (Fsp3) is 0.688. The monoisotopic (exact) mass is 387 g/mol. The molecule has 2 heterocycles. The van der Waals surface area contributed by atoms with Gasteiger partial charge in [-0.05, 0) is 42.2 Å². The molecule has 0 bridgehead atoms. The Kier molecular flexibility index (Phi) is 8.14. The second-order valence-corrected chi connectivity index (χ2v) is 8.87. The van der Waals surface area contributed by atoms with E-state index in [9.17, 15) is 8.42 Å². The summed E-state index contributed by atoms with van der Waals surface area (Å²) in [5, 5.41) is 11.0. The van der Waals surface area contributed by atoms with Crippen molar-refractivity contribution in [3.8, 4) is 0 Å². The molecule has 0 unspecified atom stereocenters. The van der Waals surface area contributed by atoms with Crippen molar-refractivity contribution in [2.24, 2.45) is 4.99 Å². The van der Waals surface area contributed by atoms with Gasteiger partial charge in [0.15, 0.2) is 5.96 Å². The highest BCUT2D eigenvalue weighted by Crippen LogP contribution is 2.15. The molecule has 0 aromatic carbocycles. The van der Waals surface area contributed by atoms with Gasteiger partial charge in [-0.25, -0.2) is 13.1 Å². The van der Waals surface area contributed by atoms with Crippen molar-refractivity contribution in [3.05, 3.63) is 22.4 Å². The molecule has 9 heteroatoms. The van der Waals surface area contributed by atoms with Crippen molar-refractivity contribution >= 4 is 27.3 Å². The summed E-state index contributed by atoms with van der Waals surface area (Å²) in [4.78, 5) is 6.93. The number of likely N-dealkylation sites (tertiary alicyclic amines) is 1. The first-order chi connectivity index (χ1) is 12.0. The minimum Gasteiger partial charge on any atom is -0.357 e. The van der Waals surface area contributed by atoms with E-state index in [1.165, 1.54) is 5.56 Å². The molecule has 1 aromatic heterocycles. The molecule has 0 atom stereocenters. The quantitative estimate of drug-likeness (QED) is 0.349. The number of nitrogens with zero attached hydrogens (tertiary/aromatic N) is 2. The molecular formula is C16H29N5O2S2. The summed E-state index contributed by atoms with van der Waals surface area (Å²) in [6.45, 7) is 6.71. The maximum atomic E-state index is 11.1. The number of rotatable bonds is 8. The summed E-state index contributed by atoms with van der Waals surface area (Å²) in [5.41, 5.74) is 1.39. The van der Waals surface area contributed by atoms with Crippen LogP contribution in [0.2, 0.25) is 0 Å². The van der Waals surface area contributed by atoms with Crippen LogP contribution in [0.5, 0.6) is 0 Å². The average molecular weight is 388 g/mol. The van der Waals surface area contributed by atoms with E-state index in [2.05, 4.69) is 42.1 Å². The molecule has 1 aliphatic rings. The van der Waals surface area contributed by atoms with Crippen LogP contribution >= 0.6 is 11.3 Å². The van der Waals surface area contributed by atoms with Crippen LogP contribution in [0, 0.1) is 0 Å². The smallest absolute Gasteiger partial charge is 0.208 e. The van der Waals surface area contributed by atoms with E-state index in [1.54, 1.807) is 11.3 Å². The van der Waals surface area contributed by atoms with Crippen LogP contribution in [0.15, 0.2) is 21.8 Å². The van der Waals surface area contributed by atoms with Gasteiger partial charge in [-0.3, -0.25) is 9.89 Å². The third-order valence-corrected chi connectivity index (χ3v) is 5.47. The molecule has 142 valence electrons. The SMILES string of the molecule is CCNC(=NCCNS(C)(=O)=O)NC1CCN(Cc2ccsc2)CC1. The van der Waals surface area contributed by atoms with E-state index in [1.807, 2.05) is 6.92 Å². The summed E-state index contributed by atoms with van der Waals surface area (Å²) in [6, 6.07) is 2.59. The fourth-order valence-electron chi connectivity index (χ4n) is 2.79. The molecule has 0 aliphatic carbocycles. The van der Waals surface area contributed by atoms with E-state index in [0.717, 1.165) is 51.2 Å². The Morgan fingerprint density at radius 1 is 1.40 bits per heavy atom. The van der Waals surface area contributed by atoms with Crippen LogP contribution in [0.25, 0.3) is 0 Å². The van der Waals surface area contributed by atoms with Crippen molar-refractivity contribution in [3.63, 3.8) is 0 Å². The number of guanidine groups is 1. The zero-order valence-electron chi connectivity index (χ0n) is 15.0. The van der Waals surface area contributed by atoms with Gasteiger partial charge >= 0.3 is 0 Å². The van der Waals surface area contributed by atoms with Gasteiger partial charge in [0.2, 0.25) is 10.0 Å². The van der Waals surface area contributed by atoms with Gasteiger partial charge in [-0.2, -0.15) is 11.3 Å². The van der Waals surface area contributed by atoms with E-state index in [4.69, 9.17) is 0 Å². The van der Waals surface area contributed by atoms with Crippen LogP contribution in [-0.4, -0.2) is 64.3 Å². The lowest BCUT2D eigenvalue weighted by molar-refractivity contribution is 0.198. The lowest BCUT2D eigenvalue weighted by Crippen LogP contribution is -2.48. The topological polar surface area (TPSA) is 85.8 Å². The Morgan fingerprint density at radius 2 is 2.16 bits per heavy atom. The van der Waals surface area contributed by atoms with Gasteiger partial charge in [0, 0.05) is 38.8 Å². The summed E-state index contributed by atoms with van der Waals surface area (Å²) in [6.07, 6.45) is 3.32. The Bertz CT molecular complexity index is 623. The molecule has 25 heavy (non-hydrogen) atoms. The third kappa shape index (κ3) is 8.17. The number of thiophene rings is 1. The van der Waals surface area contributed by atoms with Crippen molar-refractivity contribution in [2.45, 2.75) is 32.4 Å². The first-order valence-corrected chi connectivity index (χ1v) is 11.5. The van der Waals surface area contributed by atoms with Crippen molar-refractivity contribution in [1.82, 2.24) is 20.3 Å². The summed E-state index contributed by atoms with van der Waals surface area (Å²) in [7, 11) is -3.15. The lowest BCUT2D eigenvalue weighted by Gasteiger charge is -2.33. The minimum atomic E-state index is -3.15. The highest BCUT2D eigenvalue weighted by Gasteiger charge is 2.20.